The molecule has 2 saturated carbocycles. The minimum absolute atomic E-state index is 0.161. The molecule has 0 aliphatic heterocycles. The van der Waals surface area contributed by atoms with Crippen molar-refractivity contribution in [2.45, 2.75) is 77.0 Å². The van der Waals surface area contributed by atoms with Crippen molar-refractivity contribution < 1.29 is 19.2 Å². The van der Waals surface area contributed by atoms with E-state index in [2.05, 4.69) is 0 Å². The lowest BCUT2D eigenvalue weighted by Gasteiger charge is -2.40. The topological polar surface area (TPSA) is 68.3 Å². The van der Waals surface area contributed by atoms with Crippen LogP contribution in [-0.2, 0) is 19.2 Å². The van der Waals surface area contributed by atoms with E-state index < -0.39 is 0 Å². The van der Waals surface area contributed by atoms with E-state index in [4.69, 9.17) is 0 Å². The number of carbonyl (C=O) groups is 4. The number of rotatable bonds is 10. The maximum atomic E-state index is 12.1. The quantitative estimate of drug-likeness (QED) is 0.459. The summed E-state index contributed by atoms with van der Waals surface area (Å²) in [5, 5.41) is 0. The molecule has 0 aromatic carbocycles. The van der Waals surface area contributed by atoms with Crippen LogP contribution in [0.3, 0.4) is 0 Å². The standard InChI is InChI=1S/C18H26O4/c19-9-5-1-3-7-17-11-15(21)13-18(17,14-16(22)12-17)8-4-2-6-10-20/h9-10H,1-8,11-14H2. The summed E-state index contributed by atoms with van der Waals surface area (Å²) in [5.74, 6) is 0.580. The molecule has 0 spiro atoms. The lowest BCUT2D eigenvalue weighted by atomic mass is 9.63. The van der Waals surface area contributed by atoms with E-state index in [9.17, 15) is 19.2 Å². The summed E-state index contributed by atoms with van der Waals surface area (Å²) in [5.41, 5.74) is -0.323. The monoisotopic (exact) mass is 306 g/mol. The van der Waals surface area contributed by atoms with Gasteiger partial charge >= 0.3 is 0 Å². The largest absolute Gasteiger partial charge is 0.303 e. The van der Waals surface area contributed by atoms with Gasteiger partial charge in [0.05, 0.1) is 0 Å². The molecular formula is C18H26O4. The molecule has 0 N–H and O–H groups in total. The molecule has 0 radical (unpaired) electrons. The molecule has 0 saturated heterocycles. The normalized spacial score (nSPS) is 30.5. The molecule has 122 valence electrons. The first-order valence-corrected chi connectivity index (χ1v) is 8.48. The molecule has 22 heavy (non-hydrogen) atoms. The zero-order chi connectivity index (χ0) is 16.1. The van der Waals surface area contributed by atoms with Crippen molar-refractivity contribution in [2.75, 3.05) is 0 Å². The third-order valence-electron chi connectivity index (χ3n) is 5.72. The van der Waals surface area contributed by atoms with Gasteiger partial charge < -0.3 is 9.59 Å². The fraction of sp³-hybridized carbons (Fsp3) is 0.778. The van der Waals surface area contributed by atoms with E-state index in [1.165, 1.54) is 0 Å². The first kappa shape index (κ1) is 17.0. The molecular weight excluding hydrogens is 280 g/mol. The lowest BCUT2D eigenvalue weighted by Crippen LogP contribution is -2.32. The molecule has 4 heteroatoms. The van der Waals surface area contributed by atoms with Gasteiger partial charge in [-0.05, 0) is 36.5 Å². The second-order valence-electron chi connectivity index (χ2n) is 7.17. The summed E-state index contributed by atoms with van der Waals surface area (Å²) in [6.07, 6.45) is 10.4. The van der Waals surface area contributed by atoms with Crippen LogP contribution in [0.5, 0.6) is 0 Å². The highest BCUT2D eigenvalue weighted by Gasteiger charge is 2.61. The zero-order valence-electron chi connectivity index (χ0n) is 13.3. The zero-order valence-corrected chi connectivity index (χ0v) is 13.3. The van der Waals surface area contributed by atoms with Gasteiger partial charge in [-0.25, -0.2) is 0 Å². The second-order valence-corrected chi connectivity index (χ2v) is 7.17. The Hall–Kier alpha value is -1.32. The van der Waals surface area contributed by atoms with Crippen LogP contribution in [0.4, 0.5) is 0 Å². The van der Waals surface area contributed by atoms with Crippen LogP contribution < -0.4 is 0 Å². The molecule has 0 aromatic heterocycles. The van der Waals surface area contributed by atoms with Crippen molar-refractivity contribution in [1.29, 1.82) is 0 Å². The predicted molar refractivity (Wildman–Crippen MR) is 82.4 cm³/mol. The SMILES string of the molecule is O=CCCCCC12CC(=O)CC1(CCCCC=O)CC(=O)C2. The van der Waals surface area contributed by atoms with Crippen molar-refractivity contribution in [2.24, 2.45) is 10.8 Å². The molecule has 0 unspecified atom stereocenters. The maximum absolute atomic E-state index is 12.1. The van der Waals surface area contributed by atoms with Gasteiger partial charge in [-0.1, -0.05) is 12.8 Å². The van der Waals surface area contributed by atoms with Gasteiger partial charge in [0.25, 0.3) is 0 Å². The number of hydrogen-bond acceptors (Lipinski definition) is 4. The maximum Gasteiger partial charge on any atom is 0.134 e. The molecule has 4 nitrogen and oxygen atoms in total. The first-order valence-electron chi connectivity index (χ1n) is 8.48. The molecule has 0 bridgehead atoms. The highest BCUT2D eigenvalue weighted by molar-refractivity contribution is 5.91. The van der Waals surface area contributed by atoms with Crippen molar-refractivity contribution in [3.05, 3.63) is 0 Å². The third-order valence-corrected chi connectivity index (χ3v) is 5.72. The van der Waals surface area contributed by atoms with Gasteiger partial charge in [0.1, 0.15) is 24.1 Å². The molecule has 0 heterocycles. The lowest BCUT2D eigenvalue weighted by molar-refractivity contribution is -0.121. The fourth-order valence-corrected chi connectivity index (χ4v) is 4.78. The average Bonchev–Trinajstić information content (AvgIpc) is 2.86. The number of ketones is 2. The van der Waals surface area contributed by atoms with Gasteiger partial charge in [-0.15, -0.1) is 0 Å². The van der Waals surface area contributed by atoms with Crippen LogP contribution in [0, 0.1) is 10.8 Å². The van der Waals surface area contributed by atoms with Gasteiger partial charge in [0.2, 0.25) is 0 Å². The van der Waals surface area contributed by atoms with E-state index in [0.717, 1.165) is 51.1 Å². The molecule has 2 fully saturated rings. The highest BCUT2D eigenvalue weighted by atomic mass is 16.1. The molecule has 2 rings (SSSR count). The van der Waals surface area contributed by atoms with E-state index >= 15 is 0 Å². The fourth-order valence-electron chi connectivity index (χ4n) is 4.78. The number of carbonyl (C=O) groups excluding carboxylic acids is 4. The Morgan fingerprint density at radius 2 is 1.05 bits per heavy atom. The number of aldehydes is 2. The molecule has 0 atom stereocenters. The van der Waals surface area contributed by atoms with E-state index in [1.54, 1.807) is 0 Å². The van der Waals surface area contributed by atoms with Crippen LogP contribution >= 0.6 is 0 Å². The third kappa shape index (κ3) is 3.36. The minimum atomic E-state index is -0.161. The number of fused-ring (bicyclic) bond motifs is 1. The van der Waals surface area contributed by atoms with Gasteiger partial charge in [-0.3, -0.25) is 9.59 Å². The summed E-state index contributed by atoms with van der Waals surface area (Å²) in [7, 11) is 0. The van der Waals surface area contributed by atoms with E-state index in [1.807, 2.05) is 0 Å². The summed E-state index contributed by atoms with van der Waals surface area (Å²) in [6, 6.07) is 0. The van der Waals surface area contributed by atoms with Crippen LogP contribution in [0.25, 0.3) is 0 Å². The molecule has 0 amide bonds. The Balaban J connectivity index is 2.07. The van der Waals surface area contributed by atoms with Gasteiger partial charge in [-0.2, -0.15) is 0 Å². The smallest absolute Gasteiger partial charge is 0.134 e. The number of Topliss-reactive ketones (excluding diaryl/α,β-unsaturated/α-hetero) is 2. The van der Waals surface area contributed by atoms with Gasteiger partial charge in [0.15, 0.2) is 0 Å². The van der Waals surface area contributed by atoms with Crippen molar-refractivity contribution in [3.63, 3.8) is 0 Å². The minimum Gasteiger partial charge on any atom is -0.303 e. The van der Waals surface area contributed by atoms with Crippen molar-refractivity contribution in [1.82, 2.24) is 0 Å². The Kier molecular flexibility index (Phi) is 5.65. The Morgan fingerprint density at radius 3 is 1.36 bits per heavy atom. The van der Waals surface area contributed by atoms with Crippen molar-refractivity contribution in [3.8, 4) is 0 Å². The summed E-state index contributed by atoms with van der Waals surface area (Å²) in [4.78, 5) is 45.2. The number of unbranched alkanes of at least 4 members (excludes halogenated alkanes) is 4. The Bertz CT molecular complexity index is 394. The van der Waals surface area contributed by atoms with Crippen LogP contribution in [-0.4, -0.2) is 24.1 Å². The van der Waals surface area contributed by atoms with E-state index in [-0.39, 0.29) is 10.8 Å². The first-order chi connectivity index (χ1) is 10.6. The molecule has 2 aliphatic rings. The van der Waals surface area contributed by atoms with Gasteiger partial charge in [0, 0.05) is 38.5 Å². The van der Waals surface area contributed by atoms with E-state index in [0.29, 0.717) is 50.1 Å². The molecule has 0 aromatic rings. The van der Waals surface area contributed by atoms with Crippen LogP contribution in [0.1, 0.15) is 77.0 Å². The van der Waals surface area contributed by atoms with Crippen LogP contribution in [0.15, 0.2) is 0 Å². The highest BCUT2D eigenvalue weighted by Crippen LogP contribution is 2.65. The molecule has 2 aliphatic carbocycles. The Morgan fingerprint density at radius 1 is 0.682 bits per heavy atom. The predicted octanol–water partition coefficient (Wildman–Crippen LogP) is 3.20. The van der Waals surface area contributed by atoms with Crippen molar-refractivity contribution >= 4 is 24.1 Å². The number of hydrogen-bond donors (Lipinski definition) is 0. The second kappa shape index (κ2) is 7.30. The summed E-state index contributed by atoms with van der Waals surface area (Å²) in [6.45, 7) is 0. The van der Waals surface area contributed by atoms with Crippen LogP contribution in [0.2, 0.25) is 0 Å². The average molecular weight is 306 g/mol. The summed E-state index contributed by atoms with van der Waals surface area (Å²) >= 11 is 0. The Labute approximate surface area is 132 Å². The summed E-state index contributed by atoms with van der Waals surface area (Å²) < 4.78 is 0.